The highest BCUT2D eigenvalue weighted by molar-refractivity contribution is 5.79. The fraction of sp³-hybridized carbons (Fsp3) is 0.375. The molecule has 1 aliphatic heterocycles. The number of benzene rings is 2. The predicted octanol–water partition coefficient (Wildman–Crippen LogP) is 4.06. The van der Waals surface area contributed by atoms with E-state index in [4.69, 9.17) is 18.7 Å². The van der Waals surface area contributed by atoms with Crippen molar-refractivity contribution in [3.05, 3.63) is 53.9 Å². The average Bonchev–Trinajstić information content (AvgIpc) is 3.45. The number of aromatic nitrogens is 2. The van der Waals surface area contributed by atoms with Gasteiger partial charge in [-0.1, -0.05) is 12.1 Å². The van der Waals surface area contributed by atoms with Crippen LogP contribution in [0.5, 0.6) is 17.2 Å². The average molecular weight is 437 g/mol. The lowest BCUT2D eigenvalue weighted by Gasteiger charge is -2.18. The highest BCUT2D eigenvalue weighted by atomic mass is 16.5. The number of methoxy groups -OCH3 is 2. The van der Waals surface area contributed by atoms with E-state index in [-0.39, 0.29) is 11.8 Å². The Kier molecular flexibility index (Phi) is 6.58. The van der Waals surface area contributed by atoms with E-state index in [2.05, 4.69) is 17.1 Å². The van der Waals surface area contributed by atoms with Crippen LogP contribution in [0.15, 0.2) is 47.0 Å². The molecule has 2 heterocycles. The zero-order valence-electron chi connectivity index (χ0n) is 18.5. The van der Waals surface area contributed by atoms with Crippen LogP contribution in [-0.2, 0) is 11.3 Å². The molecule has 0 saturated carbocycles. The molecule has 32 heavy (non-hydrogen) atoms. The third-order valence-electron chi connectivity index (χ3n) is 5.44. The van der Waals surface area contributed by atoms with E-state index in [1.165, 1.54) is 0 Å². The summed E-state index contributed by atoms with van der Waals surface area (Å²) in [5, 5.41) is 4.11. The molecule has 1 unspecified atom stereocenters. The lowest BCUT2D eigenvalue weighted by molar-refractivity contribution is -0.128. The summed E-state index contributed by atoms with van der Waals surface area (Å²) in [5.74, 6) is 3.11. The maximum Gasteiger partial charge on any atom is 0.232 e. The second kappa shape index (κ2) is 9.72. The van der Waals surface area contributed by atoms with Crippen molar-refractivity contribution in [3.8, 4) is 28.6 Å². The Bertz CT molecular complexity index is 1060. The molecule has 1 aromatic heterocycles. The lowest BCUT2D eigenvalue weighted by atomic mass is 10.1. The Morgan fingerprint density at radius 2 is 1.88 bits per heavy atom. The third kappa shape index (κ3) is 4.69. The van der Waals surface area contributed by atoms with E-state index in [1.807, 2.05) is 42.5 Å². The van der Waals surface area contributed by atoms with Gasteiger partial charge in [-0.3, -0.25) is 4.79 Å². The smallest absolute Gasteiger partial charge is 0.232 e. The summed E-state index contributed by atoms with van der Waals surface area (Å²) in [4.78, 5) is 19.0. The predicted molar refractivity (Wildman–Crippen MR) is 118 cm³/mol. The van der Waals surface area contributed by atoms with Gasteiger partial charge >= 0.3 is 0 Å². The molecule has 1 fully saturated rings. The quantitative estimate of drug-likeness (QED) is 0.499. The van der Waals surface area contributed by atoms with E-state index in [9.17, 15) is 4.79 Å². The van der Waals surface area contributed by atoms with E-state index in [0.29, 0.717) is 43.6 Å². The number of nitrogens with zero attached hydrogens (tertiary/aromatic N) is 3. The minimum Gasteiger partial charge on any atom is -0.497 e. The Balaban J connectivity index is 1.44. The summed E-state index contributed by atoms with van der Waals surface area (Å²) in [6, 6.07) is 13.2. The normalized spacial score (nSPS) is 15.8. The molecule has 3 aromatic rings. The van der Waals surface area contributed by atoms with Gasteiger partial charge in [0.1, 0.15) is 17.2 Å². The molecule has 168 valence electrons. The van der Waals surface area contributed by atoms with Crippen molar-refractivity contribution < 1.29 is 23.5 Å². The maximum atomic E-state index is 12.7. The van der Waals surface area contributed by atoms with Crippen LogP contribution >= 0.6 is 0 Å². The summed E-state index contributed by atoms with van der Waals surface area (Å²) >= 11 is 0. The summed E-state index contributed by atoms with van der Waals surface area (Å²) in [6.07, 6.45) is 1.29. The van der Waals surface area contributed by atoms with Gasteiger partial charge in [-0.05, 0) is 48.9 Å². The minimum atomic E-state index is -0.146. The highest BCUT2D eigenvalue weighted by Crippen LogP contribution is 2.32. The van der Waals surface area contributed by atoms with Crippen LogP contribution in [-0.4, -0.2) is 48.3 Å². The largest absolute Gasteiger partial charge is 0.497 e. The van der Waals surface area contributed by atoms with Gasteiger partial charge in [0.25, 0.3) is 0 Å². The van der Waals surface area contributed by atoms with Crippen molar-refractivity contribution in [3.63, 3.8) is 0 Å². The molecule has 1 aliphatic rings. The molecule has 8 nitrogen and oxygen atoms in total. The van der Waals surface area contributed by atoms with Crippen molar-refractivity contribution in [2.75, 3.05) is 27.4 Å². The van der Waals surface area contributed by atoms with Crippen LogP contribution in [0.3, 0.4) is 0 Å². The molecule has 0 spiro atoms. The van der Waals surface area contributed by atoms with Crippen LogP contribution in [0, 0.1) is 0 Å². The standard InChI is InChI=1S/C24H27N3O5/c1-4-11-31-19-7-5-16(6-8-19)23-25-24(32-26-23)18-13-22(28)27(15-18)14-17-12-20(29-2)9-10-21(17)30-3/h5-10,12,18H,4,11,13-15H2,1-3H3. The molecular formula is C24H27N3O5. The third-order valence-corrected chi connectivity index (χ3v) is 5.44. The number of carbonyl (C=O) groups excluding carboxylic acids is 1. The van der Waals surface area contributed by atoms with Crippen LogP contribution < -0.4 is 14.2 Å². The molecule has 0 bridgehead atoms. The minimum absolute atomic E-state index is 0.0389. The number of likely N-dealkylation sites (tertiary alicyclic amines) is 1. The Labute approximate surface area is 187 Å². The maximum absolute atomic E-state index is 12.7. The van der Waals surface area contributed by atoms with E-state index in [1.54, 1.807) is 19.1 Å². The molecule has 0 N–H and O–H groups in total. The molecule has 4 rings (SSSR count). The van der Waals surface area contributed by atoms with Crippen LogP contribution in [0.2, 0.25) is 0 Å². The first-order valence-electron chi connectivity index (χ1n) is 10.7. The number of ether oxygens (including phenoxy) is 3. The molecular weight excluding hydrogens is 410 g/mol. The number of amides is 1. The van der Waals surface area contributed by atoms with E-state index in [0.717, 1.165) is 29.0 Å². The number of carbonyl (C=O) groups is 1. The van der Waals surface area contributed by atoms with Gasteiger partial charge in [0.05, 0.1) is 26.7 Å². The second-order valence-corrected chi connectivity index (χ2v) is 7.68. The van der Waals surface area contributed by atoms with Gasteiger partial charge in [-0.25, -0.2) is 0 Å². The van der Waals surface area contributed by atoms with Gasteiger partial charge in [-0.2, -0.15) is 4.98 Å². The van der Waals surface area contributed by atoms with Crippen LogP contribution in [0.1, 0.15) is 37.1 Å². The monoisotopic (exact) mass is 437 g/mol. The van der Waals surface area contributed by atoms with Crippen LogP contribution in [0.4, 0.5) is 0 Å². The molecule has 1 saturated heterocycles. The SMILES string of the molecule is CCCOc1ccc(-c2noc(C3CC(=O)N(Cc4cc(OC)ccc4OC)C3)n2)cc1. The van der Waals surface area contributed by atoms with Crippen molar-refractivity contribution in [2.24, 2.45) is 0 Å². The van der Waals surface area contributed by atoms with Gasteiger partial charge in [0, 0.05) is 30.6 Å². The molecule has 1 atom stereocenters. The van der Waals surface area contributed by atoms with E-state index >= 15 is 0 Å². The molecule has 1 amide bonds. The molecule has 0 radical (unpaired) electrons. The molecule has 2 aromatic carbocycles. The Morgan fingerprint density at radius 1 is 1.09 bits per heavy atom. The van der Waals surface area contributed by atoms with Crippen molar-refractivity contribution in [1.29, 1.82) is 0 Å². The summed E-state index contributed by atoms with van der Waals surface area (Å²) in [5.41, 5.74) is 1.73. The number of hydrogen-bond acceptors (Lipinski definition) is 7. The van der Waals surface area contributed by atoms with Crippen molar-refractivity contribution in [1.82, 2.24) is 15.0 Å². The fourth-order valence-electron chi connectivity index (χ4n) is 3.74. The van der Waals surface area contributed by atoms with Gasteiger partial charge in [0.15, 0.2) is 0 Å². The first kappa shape index (κ1) is 21.7. The van der Waals surface area contributed by atoms with Crippen molar-refractivity contribution >= 4 is 5.91 Å². The first-order chi connectivity index (χ1) is 15.6. The van der Waals surface area contributed by atoms with Crippen LogP contribution in [0.25, 0.3) is 11.4 Å². The molecule has 8 heteroatoms. The lowest BCUT2D eigenvalue weighted by Crippen LogP contribution is -2.24. The Morgan fingerprint density at radius 3 is 2.59 bits per heavy atom. The Hall–Kier alpha value is -3.55. The van der Waals surface area contributed by atoms with Crippen molar-refractivity contribution in [2.45, 2.75) is 32.2 Å². The van der Waals surface area contributed by atoms with Gasteiger partial charge < -0.3 is 23.6 Å². The topological polar surface area (TPSA) is 86.9 Å². The van der Waals surface area contributed by atoms with Gasteiger partial charge in [-0.15, -0.1) is 0 Å². The number of hydrogen-bond donors (Lipinski definition) is 0. The zero-order valence-corrected chi connectivity index (χ0v) is 18.5. The molecule has 0 aliphatic carbocycles. The summed E-state index contributed by atoms with van der Waals surface area (Å²) < 4.78 is 21.9. The zero-order chi connectivity index (χ0) is 22.5. The summed E-state index contributed by atoms with van der Waals surface area (Å²) in [7, 11) is 3.23. The second-order valence-electron chi connectivity index (χ2n) is 7.68. The van der Waals surface area contributed by atoms with E-state index < -0.39 is 0 Å². The summed E-state index contributed by atoms with van der Waals surface area (Å²) in [6.45, 7) is 3.68. The number of rotatable bonds is 9. The van der Waals surface area contributed by atoms with Gasteiger partial charge in [0.2, 0.25) is 17.6 Å². The highest BCUT2D eigenvalue weighted by Gasteiger charge is 2.34. The first-order valence-corrected chi connectivity index (χ1v) is 10.7. The fourth-order valence-corrected chi connectivity index (χ4v) is 3.74.